The van der Waals surface area contributed by atoms with Gasteiger partial charge in [0.2, 0.25) is 5.95 Å². The highest BCUT2D eigenvalue weighted by atomic mass is 35.5. The van der Waals surface area contributed by atoms with Crippen LogP contribution < -0.4 is 4.72 Å². The Morgan fingerprint density at radius 1 is 1.16 bits per heavy atom. The molecule has 0 aliphatic rings. The van der Waals surface area contributed by atoms with Crippen molar-refractivity contribution in [3.05, 3.63) is 46.7 Å². The molecule has 0 saturated carbocycles. The van der Waals surface area contributed by atoms with E-state index in [9.17, 15) is 12.8 Å². The zero-order valence-corrected chi connectivity index (χ0v) is 11.5. The molecule has 0 aromatic carbocycles. The Labute approximate surface area is 118 Å². The zero-order chi connectivity index (χ0) is 14.0. The lowest BCUT2D eigenvalue weighted by molar-refractivity contribution is 0.583. The third-order valence-corrected chi connectivity index (χ3v) is 4.10. The fourth-order valence-electron chi connectivity index (χ4n) is 1.20. The molecular weight excluding hydrogens is 316 g/mol. The highest BCUT2D eigenvalue weighted by Gasteiger charge is 2.16. The molecule has 0 aliphatic carbocycles. The van der Waals surface area contributed by atoms with Crippen LogP contribution in [0.2, 0.25) is 10.2 Å². The van der Waals surface area contributed by atoms with Crippen LogP contribution in [0.15, 0.2) is 35.5 Å². The van der Waals surface area contributed by atoms with Gasteiger partial charge < -0.3 is 0 Å². The van der Waals surface area contributed by atoms with Gasteiger partial charge in [-0.3, -0.25) is 4.72 Å². The van der Waals surface area contributed by atoms with E-state index in [0.29, 0.717) is 0 Å². The topological polar surface area (TPSA) is 72.0 Å². The van der Waals surface area contributed by atoms with Gasteiger partial charge in [0.15, 0.2) is 0 Å². The summed E-state index contributed by atoms with van der Waals surface area (Å²) in [7, 11) is -3.88. The van der Waals surface area contributed by atoms with Gasteiger partial charge in [0.1, 0.15) is 10.0 Å². The Bertz CT molecular complexity index is 707. The molecule has 5 nitrogen and oxygen atoms in total. The quantitative estimate of drug-likeness (QED) is 0.882. The summed E-state index contributed by atoms with van der Waals surface area (Å²) in [6.07, 6.45) is 2.12. The summed E-state index contributed by atoms with van der Waals surface area (Å²) >= 11 is 11.3. The molecule has 19 heavy (non-hydrogen) atoms. The van der Waals surface area contributed by atoms with Crippen LogP contribution in [0.4, 0.5) is 10.1 Å². The van der Waals surface area contributed by atoms with Gasteiger partial charge in [-0.05, 0) is 18.2 Å². The van der Waals surface area contributed by atoms with Gasteiger partial charge in [-0.1, -0.05) is 23.2 Å². The molecule has 0 aliphatic heterocycles. The molecular formula is C10H6Cl2FN3O2S. The maximum Gasteiger partial charge on any atom is 0.263 e. The first-order valence-corrected chi connectivity index (χ1v) is 7.08. The minimum atomic E-state index is -3.88. The number of hydrogen-bond donors (Lipinski definition) is 1. The van der Waals surface area contributed by atoms with Crippen LogP contribution in [0.3, 0.4) is 0 Å². The minimum Gasteiger partial charge on any atom is -0.278 e. The lowest BCUT2D eigenvalue weighted by atomic mass is 10.4. The smallest absolute Gasteiger partial charge is 0.263 e. The Morgan fingerprint density at radius 2 is 1.89 bits per heavy atom. The molecule has 0 amide bonds. The Hall–Kier alpha value is -1.44. The molecule has 2 aromatic heterocycles. The molecule has 2 heterocycles. The highest BCUT2D eigenvalue weighted by molar-refractivity contribution is 7.92. The maximum absolute atomic E-state index is 12.6. The first kappa shape index (κ1) is 14.0. The van der Waals surface area contributed by atoms with E-state index >= 15 is 0 Å². The van der Waals surface area contributed by atoms with Gasteiger partial charge in [0, 0.05) is 6.20 Å². The summed E-state index contributed by atoms with van der Waals surface area (Å²) < 4.78 is 38.8. The molecule has 0 spiro atoms. The number of halogens is 3. The zero-order valence-electron chi connectivity index (χ0n) is 9.14. The van der Waals surface area contributed by atoms with Crippen molar-refractivity contribution in [2.24, 2.45) is 0 Å². The van der Waals surface area contributed by atoms with Crippen LogP contribution in [-0.2, 0) is 10.0 Å². The second kappa shape index (κ2) is 5.28. The van der Waals surface area contributed by atoms with Crippen LogP contribution >= 0.6 is 23.2 Å². The third-order valence-electron chi connectivity index (χ3n) is 2.06. The van der Waals surface area contributed by atoms with Crippen molar-refractivity contribution in [2.75, 3.05) is 4.72 Å². The molecule has 0 fully saturated rings. The second-order valence-electron chi connectivity index (χ2n) is 3.42. The number of nitrogens with one attached hydrogen (secondary N) is 1. The average Bonchev–Trinajstić information content (AvgIpc) is 2.35. The van der Waals surface area contributed by atoms with Crippen molar-refractivity contribution >= 4 is 38.9 Å². The van der Waals surface area contributed by atoms with E-state index in [2.05, 4.69) is 14.7 Å². The summed E-state index contributed by atoms with van der Waals surface area (Å²) in [4.78, 5) is 6.81. The molecule has 0 unspecified atom stereocenters. The highest BCUT2D eigenvalue weighted by Crippen LogP contribution is 2.23. The van der Waals surface area contributed by atoms with E-state index < -0.39 is 16.0 Å². The van der Waals surface area contributed by atoms with Crippen LogP contribution in [0.5, 0.6) is 0 Å². The third kappa shape index (κ3) is 3.31. The largest absolute Gasteiger partial charge is 0.278 e. The normalized spacial score (nSPS) is 11.3. The standard InChI is InChI=1S/C10H6Cl2FN3O2S/c11-8-3-7(5-15-10(8)12)19(17,18)16-6-1-2-9(13)14-4-6/h1-5,16H. The van der Waals surface area contributed by atoms with Gasteiger partial charge in [-0.15, -0.1) is 0 Å². The molecule has 2 rings (SSSR count). The lowest BCUT2D eigenvalue weighted by Gasteiger charge is -2.07. The first-order valence-electron chi connectivity index (χ1n) is 4.84. The van der Waals surface area contributed by atoms with Gasteiger partial charge >= 0.3 is 0 Å². The Balaban J connectivity index is 2.32. The van der Waals surface area contributed by atoms with Crippen molar-refractivity contribution in [2.45, 2.75) is 4.90 Å². The summed E-state index contributed by atoms with van der Waals surface area (Å²) in [6.45, 7) is 0. The Morgan fingerprint density at radius 3 is 2.47 bits per heavy atom. The number of hydrogen-bond acceptors (Lipinski definition) is 4. The monoisotopic (exact) mass is 321 g/mol. The Kier molecular flexibility index (Phi) is 3.88. The molecule has 0 radical (unpaired) electrons. The van der Waals surface area contributed by atoms with Crippen molar-refractivity contribution in [1.29, 1.82) is 0 Å². The number of aromatic nitrogens is 2. The van der Waals surface area contributed by atoms with Crippen molar-refractivity contribution < 1.29 is 12.8 Å². The maximum atomic E-state index is 12.6. The summed E-state index contributed by atoms with van der Waals surface area (Å²) in [6, 6.07) is 3.44. The van der Waals surface area contributed by atoms with Crippen molar-refractivity contribution in [3.8, 4) is 0 Å². The fourth-order valence-corrected chi connectivity index (χ4v) is 2.55. The number of sulfonamides is 1. The van der Waals surface area contributed by atoms with E-state index in [1.807, 2.05) is 0 Å². The van der Waals surface area contributed by atoms with Gasteiger partial charge in [-0.2, -0.15) is 4.39 Å². The van der Waals surface area contributed by atoms with E-state index in [0.717, 1.165) is 24.5 Å². The van der Waals surface area contributed by atoms with Crippen molar-refractivity contribution in [1.82, 2.24) is 9.97 Å². The number of rotatable bonds is 3. The molecule has 0 bridgehead atoms. The first-order chi connectivity index (χ1) is 8.88. The van der Waals surface area contributed by atoms with E-state index in [1.54, 1.807) is 0 Å². The molecule has 1 N–H and O–H groups in total. The van der Waals surface area contributed by atoms with Crippen LogP contribution in [-0.4, -0.2) is 18.4 Å². The van der Waals surface area contributed by atoms with E-state index in [4.69, 9.17) is 23.2 Å². The van der Waals surface area contributed by atoms with Gasteiger partial charge in [0.25, 0.3) is 10.0 Å². The minimum absolute atomic E-state index is 0.00376. The van der Waals surface area contributed by atoms with E-state index in [1.165, 1.54) is 6.07 Å². The predicted octanol–water partition coefficient (Wildman–Crippen LogP) is 2.72. The number of pyridine rings is 2. The summed E-state index contributed by atoms with van der Waals surface area (Å²) in [5.74, 6) is -0.709. The molecule has 0 saturated heterocycles. The molecule has 2 aromatic rings. The number of anilines is 1. The molecule has 9 heteroatoms. The SMILES string of the molecule is O=S(=O)(Nc1ccc(F)nc1)c1cnc(Cl)c(Cl)c1. The van der Waals surface area contributed by atoms with Crippen molar-refractivity contribution in [3.63, 3.8) is 0 Å². The average molecular weight is 322 g/mol. The molecule has 0 atom stereocenters. The van der Waals surface area contributed by atoms with Gasteiger partial charge in [0.05, 0.1) is 16.9 Å². The van der Waals surface area contributed by atoms with Crippen LogP contribution in [0.1, 0.15) is 0 Å². The lowest BCUT2D eigenvalue weighted by Crippen LogP contribution is -2.13. The predicted molar refractivity (Wildman–Crippen MR) is 69.3 cm³/mol. The summed E-state index contributed by atoms with van der Waals surface area (Å²) in [5.41, 5.74) is 0.118. The van der Waals surface area contributed by atoms with Crippen LogP contribution in [0, 0.1) is 5.95 Å². The van der Waals surface area contributed by atoms with Gasteiger partial charge in [-0.25, -0.2) is 18.4 Å². The molecule has 100 valence electrons. The van der Waals surface area contributed by atoms with Crippen LogP contribution in [0.25, 0.3) is 0 Å². The second-order valence-corrected chi connectivity index (χ2v) is 5.87. The fraction of sp³-hybridized carbons (Fsp3) is 0. The number of nitrogens with zero attached hydrogens (tertiary/aromatic N) is 2. The summed E-state index contributed by atoms with van der Waals surface area (Å²) in [5, 5.41) is 0.0193. The van der Waals surface area contributed by atoms with E-state index in [-0.39, 0.29) is 20.8 Å².